The molecule has 4 nitrogen and oxygen atoms in total. The maximum absolute atomic E-state index is 12.8. The van der Waals surface area contributed by atoms with Gasteiger partial charge in [-0.15, -0.1) is 11.8 Å². The molecular weight excluding hydrogens is 334 g/mol. The number of carbonyl (C=O) groups is 1. The third kappa shape index (κ3) is 4.77. The average Bonchev–Trinajstić information content (AvgIpc) is 3.15. The number of thioether (sulfide) groups is 1. The Hall–Kier alpha value is -1.98. The first-order valence-corrected chi connectivity index (χ1v) is 9.63. The number of amides is 1. The van der Waals surface area contributed by atoms with Crippen molar-refractivity contribution in [3.63, 3.8) is 0 Å². The van der Waals surface area contributed by atoms with E-state index in [-0.39, 0.29) is 5.91 Å². The maximum atomic E-state index is 12.8. The molecule has 0 aliphatic carbocycles. The van der Waals surface area contributed by atoms with Crippen LogP contribution in [-0.2, 0) is 4.74 Å². The molecule has 1 N–H and O–H groups in total. The number of hydrogen-bond donors (Lipinski definition) is 1. The Morgan fingerprint density at radius 1 is 1.24 bits per heavy atom. The summed E-state index contributed by atoms with van der Waals surface area (Å²) in [4.78, 5) is 13.8. The molecule has 0 unspecified atom stereocenters. The Morgan fingerprint density at radius 3 is 2.84 bits per heavy atom. The number of nitrogens with one attached hydrogen (secondary N) is 1. The van der Waals surface area contributed by atoms with Crippen LogP contribution in [0.4, 0.5) is 5.69 Å². The highest BCUT2D eigenvalue weighted by Gasteiger charge is 2.18. The summed E-state index contributed by atoms with van der Waals surface area (Å²) in [6.45, 7) is 3.33. The van der Waals surface area contributed by atoms with Crippen molar-refractivity contribution in [3.8, 4) is 5.75 Å². The smallest absolute Gasteiger partial charge is 0.256 e. The van der Waals surface area contributed by atoms with E-state index in [2.05, 4.69) is 5.32 Å². The van der Waals surface area contributed by atoms with Crippen LogP contribution in [0.5, 0.6) is 5.75 Å². The molecule has 1 aliphatic heterocycles. The van der Waals surface area contributed by atoms with Gasteiger partial charge in [-0.2, -0.15) is 0 Å². The van der Waals surface area contributed by atoms with Gasteiger partial charge in [0.05, 0.1) is 24.0 Å². The molecule has 0 spiro atoms. The molecule has 1 fully saturated rings. The Labute approximate surface area is 152 Å². The number of ether oxygens (including phenoxy) is 2. The number of carbonyl (C=O) groups excluding carboxylic acids is 1. The molecule has 1 amide bonds. The Bertz CT molecular complexity index is 714. The van der Waals surface area contributed by atoms with E-state index < -0.39 is 0 Å². The topological polar surface area (TPSA) is 47.6 Å². The second-order valence-corrected chi connectivity index (χ2v) is 6.89. The van der Waals surface area contributed by atoms with Gasteiger partial charge in [-0.25, -0.2) is 0 Å². The minimum atomic E-state index is -0.123. The van der Waals surface area contributed by atoms with E-state index >= 15 is 0 Å². The quantitative estimate of drug-likeness (QED) is 0.735. The number of rotatable bonds is 7. The first-order valence-electron chi connectivity index (χ1n) is 8.64. The van der Waals surface area contributed by atoms with Crippen molar-refractivity contribution < 1.29 is 14.3 Å². The fraction of sp³-hybridized carbons (Fsp3) is 0.350. The van der Waals surface area contributed by atoms with Gasteiger partial charge in [-0.3, -0.25) is 4.79 Å². The maximum Gasteiger partial charge on any atom is 0.256 e. The van der Waals surface area contributed by atoms with Crippen LogP contribution < -0.4 is 10.1 Å². The molecule has 0 saturated carbocycles. The van der Waals surface area contributed by atoms with Gasteiger partial charge < -0.3 is 14.8 Å². The largest absolute Gasteiger partial charge is 0.492 e. The van der Waals surface area contributed by atoms with Crippen LogP contribution in [0.1, 0.15) is 30.1 Å². The summed E-state index contributed by atoms with van der Waals surface area (Å²) in [5.74, 6) is 1.44. The zero-order chi connectivity index (χ0) is 17.5. The van der Waals surface area contributed by atoms with E-state index in [1.165, 1.54) is 0 Å². The third-order valence-electron chi connectivity index (χ3n) is 4.02. The molecule has 1 saturated heterocycles. The molecule has 1 aliphatic rings. The van der Waals surface area contributed by atoms with E-state index in [1.807, 2.05) is 55.5 Å². The minimum Gasteiger partial charge on any atom is -0.492 e. The fourth-order valence-electron chi connectivity index (χ4n) is 2.78. The predicted octanol–water partition coefficient (Wildman–Crippen LogP) is 4.61. The summed E-state index contributed by atoms with van der Waals surface area (Å²) in [5.41, 5.74) is 1.37. The van der Waals surface area contributed by atoms with Gasteiger partial charge in [-0.05, 0) is 44.0 Å². The lowest BCUT2D eigenvalue weighted by molar-refractivity contribution is 0.102. The summed E-state index contributed by atoms with van der Waals surface area (Å²) in [7, 11) is 0. The van der Waals surface area contributed by atoms with Crippen molar-refractivity contribution in [2.75, 3.05) is 24.3 Å². The Balaban J connectivity index is 1.71. The molecule has 0 bridgehead atoms. The van der Waals surface area contributed by atoms with Gasteiger partial charge in [0.25, 0.3) is 5.91 Å². The summed E-state index contributed by atoms with van der Waals surface area (Å²) < 4.78 is 11.3. The molecule has 2 aromatic carbocycles. The summed E-state index contributed by atoms with van der Waals surface area (Å²) in [6, 6.07) is 15.2. The molecule has 5 heteroatoms. The molecule has 0 aromatic heterocycles. The van der Waals surface area contributed by atoms with E-state index in [1.54, 1.807) is 11.8 Å². The number of anilines is 1. The second-order valence-electron chi connectivity index (χ2n) is 5.83. The average molecular weight is 357 g/mol. The number of hydrogen-bond acceptors (Lipinski definition) is 4. The van der Waals surface area contributed by atoms with Gasteiger partial charge in [0.2, 0.25) is 0 Å². The highest BCUT2D eigenvalue weighted by Crippen LogP contribution is 2.29. The number of para-hydroxylation sites is 2. The lowest BCUT2D eigenvalue weighted by atomic mass is 10.2. The van der Waals surface area contributed by atoms with Crippen molar-refractivity contribution in [1.82, 2.24) is 0 Å². The van der Waals surface area contributed by atoms with Crippen LogP contribution in [0, 0.1) is 0 Å². The van der Waals surface area contributed by atoms with Crippen molar-refractivity contribution in [1.29, 1.82) is 0 Å². The molecule has 3 rings (SSSR count). The van der Waals surface area contributed by atoms with Crippen LogP contribution >= 0.6 is 11.8 Å². The molecule has 1 atom stereocenters. The van der Waals surface area contributed by atoms with Gasteiger partial charge in [-0.1, -0.05) is 24.3 Å². The predicted molar refractivity (Wildman–Crippen MR) is 102 cm³/mol. The van der Waals surface area contributed by atoms with E-state index in [9.17, 15) is 4.79 Å². The van der Waals surface area contributed by atoms with Crippen LogP contribution in [0.3, 0.4) is 0 Å². The zero-order valence-corrected chi connectivity index (χ0v) is 15.2. The molecule has 25 heavy (non-hydrogen) atoms. The highest BCUT2D eigenvalue weighted by atomic mass is 32.2. The molecule has 2 aromatic rings. The van der Waals surface area contributed by atoms with E-state index in [4.69, 9.17) is 9.47 Å². The fourth-order valence-corrected chi connectivity index (χ4v) is 3.90. The molecule has 132 valence electrons. The van der Waals surface area contributed by atoms with E-state index in [0.29, 0.717) is 29.7 Å². The van der Waals surface area contributed by atoms with Crippen molar-refractivity contribution >= 4 is 23.4 Å². The zero-order valence-electron chi connectivity index (χ0n) is 14.4. The third-order valence-corrected chi connectivity index (χ3v) is 5.22. The van der Waals surface area contributed by atoms with Crippen molar-refractivity contribution in [2.45, 2.75) is 30.8 Å². The van der Waals surface area contributed by atoms with E-state index in [0.717, 1.165) is 30.1 Å². The minimum absolute atomic E-state index is 0.123. The van der Waals surface area contributed by atoms with Crippen LogP contribution in [-0.4, -0.2) is 31.0 Å². The first kappa shape index (κ1) is 17.8. The Morgan fingerprint density at radius 2 is 2.04 bits per heavy atom. The standard InChI is InChI=1S/C20H23NO3S/c1-2-23-18-11-5-4-10-17(18)21-20(22)16-9-3-6-12-19(16)25-14-15-8-7-13-24-15/h3-6,9-12,15H,2,7-8,13-14H2,1H3,(H,21,22)/t15-/m0/s1. The molecule has 0 radical (unpaired) electrons. The lowest BCUT2D eigenvalue weighted by Crippen LogP contribution is -2.14. The van der Waals surface area contributed by atoms with Gasteiger partial charge in [0.15, 0.2) is 0 Å². The summed E-state index contributed by atoms with van der Waals surface area (Å²) >= 11 is 1.68. The first-order chi connectivity index (χ1) is 12.3. The summed E-state index contributed by atoms with van der Waals surface area (Å²) in [5, 5.41) is 2.97. The van der Waals surface area contributed by atoms with Crippen LogP contribution in [0.2, 0.25) is 0 Å². The summed E-state index contributed by atoms with van der Waals surface area (Å²) in [6.07, 6.45) is 2.52. The second kappa shape index (κ2) is 8.92. The monoisotopic (exact) mass is 357 g/mol. The molecular formula is C20H23NO3S. The van der Waals surface area contributed by atoms with Gasteiger partial charge >= 0.3 is 0 Å². The SMILES string of the molecule is CCOc1ccccc1NC(=O)c1ccccc1SC[C@@H]1CCCO1. The van der Waals surface area contributed by atoms with Crippen molar-refractivity contribution in [2.24, 2.45) is 0 Å². The normalized spacial score (nSPS) is 16.6. The van der Waals surface area contributed by atoms with Gasteiger partial charge in [0, 0.05) is 17.3 Å². The number of benzene rings is 2. The van der Waals surface area contributed by atoms with Crippen LogP contribution in [0.25, 0.3) is 0 Å². The van der Waals surface area contributed by atoms with Gasteiger partial charge in [0.1, 0.15) is 5.75 Å². The Kier molecular flexibility index (Phi) is 6.36. The molecule has 1 heterocycles. The lowest BCUT2D eigenvalue weighted by Gasteiger charge is -2.14. The highest BCUT2D eigenvalue weighted by molar-refractivity contribution is 7.99. The van der Waals surface area contributed by atoms with Crippen molar-refractivity contribution in [3.05, 3.63) is 54.1 Å². The van der Waals surface area contributed by atoms with Crippen LogP contribution in [0.15, 0.2) is 53.4 Å².